The molecule has 0 bridgehead atoms. The second kappa shape index (κ2) is 3.92. The molecule has 0 aliphatic rings. The summed E-state index contributed by atoms with van der Waals surface area (Å²) in [6.07, 6.45) is 1.63. The third kappa shape index (κ3) is 1.67. The number of fused-ring (bicyclic) bond motifs is 1. The lowest BCUT2D eigenvalue weighted by Crippen LogP contribution is -2.08. The Kier molecular flexibility index (Phi) is 2.38. The largest absolute Gasteiger partial charge is 0.383 e. The van der Waals surface area contributed by atoms with E-state index in [1.807, 2.05) is 24.4 Å². The molecule has 18 heavy (non-hydrogen) atoms. The molecule has 0 saturated heterocycles. The van der Waals surface area contributed by atoms with Crippen LogP contribution in [0.3, 0.4) is 0 Å². The monoisotopic (exact) mass is 258 g/mol. The molecule has 0 aliphatic carbocycles. The van der Waals surface area contributed by atoms with E-state index >= 15 is 0 Å². The SMILES string of the molecule is Cc1cc2nc(N)c(C(=O)c3cccs3)cn2n1. The number of hydrogen-bond acceptors (Lipinski definition) is 5. The van der Waals surface area contributed by atoms with Gasteiger partial charge in [0.1, 0.15) is 5.82 Å². The maximum Gasteiger partial charge on any atom is 0.208 e. The molecule has 3 heterocycles. The molecule has 2 N–H and O–H groups in total. The van der Waals surface area contributed by atoms with Gasteiger partial charge in [-0.05, 0) is 18.4 Å². The molecule has 6 heteroatoms. The van der Waals surface area contributed by atoms with E-state index in [0.29, 0.717) is 16.1 Å². The molecular formula is C12H10N4OS. The molecule has 0 fully saturated rings. The van der Waals surface area contributed by atoms with Crippen LogP contribution in [0.4, 0.5) is 5.82 Å². The fourth-order valence-corrected chi connectivity index (χ4v) is 2.45. The van der Waals surface area contributed by atoms with E-state index in [1.165, 1.54) is 11.3 Å². The molecule has 3 aromatic rings. The van der Waals surface area contributed by atoms with Crippen molar-refractivity contribution >= 4 is 28.6 Å². The number of carbonyl (C=O) groups is 1. The van der Waals surface area contributed by atoms with Crippen molar-refractivity contribution in [3.05, 3.63) is 45.9 Å². The van der Waals surface area contributed by atoms with E-state index in [-0.39, 0.29) is 11.6 Å². The van der Waals surface area contributed by atoms with Gasteiger partial charge in [0, 0.05) is 12.3 Å². The minimum Gasteiger partial charge on any atom is -0.383 e. The summed E-state index contributed by atoms with van der Waals surface area (Å²) < 4.78 is 1.58. The number of ketones is 1. The third-order valence-corrected chi connectivity index (χ3v) is 3.46. The smallest absolute Gasteiger partial charge is 0.208 e. The maximum atomic E-state index is 12.2. The topological polar surface area (TPSA) is 73.3 Å². The van der Waals surface area contributed by atoms with Gasteiger partial charge in [0.2, 0.25) is 5.78 Å². The Bertz CT molecular complexity index is 730. The first-order valence-electron chi connectivity index (χ1n) is 5.36. The molecule has 0 amide bonds. The highest BCUT2D eigenvalue weighted by Crippen LogP contribution is 2.19. The molecule has 0 aliphatic heterocycles. The number of rotatable bonds is 2. The quantitative estimate of drug-likeness (QED) is 0.713. The first-order chi connectivity index (χ1) is 8.65. The zero-order valence-corrected chi connectivity index (χ0v) is 10.4. The van der Waals surface area contributed by atoms with Crippen LogP contribution < -0.4 is 5.73 Å². The number of anilines is 1. The number of nitrogen functional groups attached to an aromatic ring is 1. The fourth-order valence-electron chi connectivity index (χ4n) is 1.77. The van der Waals surface area contributed by atoms with Crippen molar-refractivity contribution < 1.29 is 4.79 Å². The summed E-state index contributed by atoms with van der Waals surface area (Å²) in [6, 6.07) is 5.42. The van der Waals surface area contributed by atoms with Crippen molar-refractivity contribution in [3.63, 3.8) is 0 Å². The number of aromatic nitrogens is 3. The molecule has 0 radical (unpaired) electrons. The first-order valence-corrected chi connectivity index (χ1v) is 6.24. The second-order valence-corrected chi connectivity index (χ2v) is 4.88. The lowest BCUT2D eigenvalue weighted by Gasteiger charge is -2.03. The van der Waals surface area contributed by atoms with Crippen LogP contribution in [-0.4, -0.2) is 20.4 Å². The Morgan fingerprint density at radius 2 is 2.33 bits per heavy atom. The third-order valence-electron chi connectivity index (χ3n) is 2.59. The summed E-state index contributed by atoms with van der Waals surface area (Å²) in [7, 11) is 0. The average molecular weight is 258 g/mol. The molecular weight excluding hydrogens is 248 g/mol. The van der Waals surface area contributed by atoms with Gasteiger partial charge in [0.05, 0.1) is 16.1 Å². The van der Waals surface area contributed by atoms with Crippen LogP contribution in [0.5, 0.6) is 0 Å². The van der Waals surface area contributed by atoms with Crippen LogP contribution >= 0.6 is 11.3 Å². The van der Waals surface area contributed by atoms with E-state index in [0.717, 1.165) is 5.69 Å². The van der Waals surface area contributed by atoms with Gasteiger partial charge < -0.3 is 5.73 Å². The number of hydrogen-bond donors (Lipinski definition) is 1. The minimum atomic E-state index is -0.120. The lowest BCUT2D eigenvalue weighted by atomic mass is 10.2. The number of nitrogens with zero attached hydrogens (tertiary/aromatic N) is 3. The van der Waals surface area contributed by atoms with Crippen LogP contribution in [0.25, 0.3) is 5.65 Å². The fraction of sp³-hybridized carbons (Fsp3) is 0.0833. The molecule has 5 nitrogen and oxygen atoms in total. The summed E-state index contributed by atoms with van der Waals surface area (Å²) in [4.78, 5) is 17.1. The van der Waals surface area contributed by atoms with Crippen LogP contribution in [0, 0.1) is 6.92 Å². The second-order valence-electron chi connectivity index (χ2n) is 3.93. The van der Waals surface area contributed by atoms with Crippen LogP contribution in [0.2, 0.25) is 0 Å². The maximum absolute atomic E-state index is 12.2. The zero-order valence-electron chi connectivity index (χ0n) is 9.62. The summed E-state index contributed by atoms with van der Waals surface area (Å²) in [5, 5.41) is 6.08. The molecule has 0 aromatic carbocycles. The van der Waals surface area contributed by atoms with Crippen molar-refractivity contribution in [2.45, 2.75) is 6.92 Å². The molecule has 0 saturated carbocycles. The van der Waals surface area contributed by atoms with Gasteiger partial charge in [-0.25, -0.2) is 9.50 Å². The van der Waals surface area contributed by atoms with E-state index in [1.54, 1.807) is 16.8 Å². The Hall–Kier alpha value is -2.21. The summed E-state index contributed by atoms with van der Waals surface area (Å²) in [5.74, 6) is 0.117. The first kappa shape index (κ1) is 10.9. The van der Waals surface area contributed by atoms with E-state index in [2.05, 4.69) is 10.1 Å². The van der Waals surface area contributed by atoms with Crippen molar-refractivity contribution in [1.82, 2.24) is 14.6 Å². The minimum absolute atomic E-state index is 0.120. The molecule has 0 spiro atoms. The van der Waals surface area contributed by atoms with E-state index < -0.39 is 0 Å². The Morgan fingerprint density at radius 1 is 1.50 bits per heavy atom. The van der Waals surface area contributed by atoms with Crippen LogP contribution in [0.15, 0.2) is 29.8 Å². The van der Waals surface area contributed by atoms with Gasteiger partial charge in [-0.2, -0.15) is 5.10 Å². The number of thiophene rings is 1. The highest BCUT2D eigenvalue weighted by atomic mass is 32.1. The van der Waals surface area contributed by atoms with Gasteiger partial charge in [-0.15, -0.1) is 11.3 Å². The highest BCUT2D eigenvalue weighted by Gasteiger charge is 2.16. The molecule has 0 atom stereocenters. The van der Waals surface area contributed by atoms with Crippen LogP contribution in [0.1, 0.15) is 20.9 Å². The normalized spacial score (nSPS) is 10.9. The van der Waals surface area contributed by atoms with Crippen molar-refractivity contribution in [3.8, 4) is 0 Å². The van der Waals surface area contributed by atoms with Gasteiger partial charge in [-0.3, -0.25) is 4.79 Å². The Morgan fingerprint density at radius 3 is 3.06 bits per heavy atom. The van der Waals surface area contributed by atoms with Gasteiger partial charge in [-0.1, -0.05) is 6.07 Å². The molecule has 0 unspecified atom stereocenters. The number of aryl methyl sites for hydroxylation is 1. The van der Waals surface area contributed by atoms with Crippen molar-refractivity contribution in [2.24, 2.45) is 0 Å². The van der Waals surface area contributed by atoms with Crippen molar-refractivity contribution in [2.75, 3.05) is 5.73 Å². The molecule has 3 aromatic heterocycles. The van der Waals surface area contributed by atoms with E-state index in [9.17, 15) is 4.79 Å². The Balaban J connectivity index is 2.17. The lowest BCUT2D eigenvalue weighted by molar-refractivity contribution is 0.104. The summed E-state index contributed by atoms with van der Waals surface area (Å²) >= 11 is 1.38. The summed E-state index contributed by atoms with van der Waals surface area (Å²) in [6.45, 7) is 1.87. The van der Waals surface area contributed by atoms with Crippen molar-refractivity contribution in [1.29, 1.82) is 0 Å². The summed E-state index contributed by atoms with van der Waals surface area (Å²) in [5.41, 5.74) is 7.70. The number of carbonyl (C=O) groups excluding carboxylic acids is 1. The van der Waals surface area contributed by atoms with Gasteiger partial charge >= 0.3 is 0 Å². The van der Waals surface area contributed by atoms with Gasteiger partial charge in [0.25, 0.3) is 0 Å². The Labute approximate surface area is 107 Å². The average Bonchev–Trinajstić information content (AvgIpc) is 2.94. The zero-order chi connectivity index (χ0) is 12.7. The van der Waals surface area contributed by atoms with E-state index in [4.69, 9.17) is 5.73 Å². The predicted molar refractivity (Wildman–Crippen MR) is 69.9 cm³/mol. The highest BCUT2D eigenvalue weighted by molar-refractivity contribution is 7.12. The predicted octanol–water partition coefficient (Wildman–Crippen LogP) is 1.91. The molecule has 90 valence electrons. The standard InChI is InChI=1S/C12H10N4OS/c1-7-5-10-14-12(13)8(6-16(10)15-7)11(17)9-3-2-4-18-9/h2-6H,1H3,(H2,13,14). The number of nitrogens with two attached hydrogens (primary N) is 1. The van der Waals surface area contributed by atoms with Gasteiger partial charge in [0.15, 0.2) is 5.65 Å². The van der Waals surface area contributed by atoms with Crippen LogP contribution in [-0.2, 0) is 0 Å². The molecule has 3 rings (SSSR count).